The van der Waals surface area contributed by atoms with Crippen molar-refractivity contribution in [3.8, 4) is 0 Å². The van der Waals surface area contributed by atoms with Gasteiger partial charge in [-0.15, -0.1) is 0 Å². The van der Waals surface area contributed by atoms with Gasteiger partial charge in [0.05, 0.1) is 0 Å². The van der Waals surface area contributed by atoms with Crippen molar-refractivity contribution in [2.75, 3.05) is 3.95 Å². The second kappa shape index (κ2) is 2.81. The van der Waals surface area contributed by atoms with Crippen LogP contribution in [0.1, 0.15) is 0 Å². The van der Waals surface area contributed by atoms with E-state index in [4.69, 9.17) is 0 Å². The number of hydrogen-bond donors (Lipinski definition) is 1. The predicted octanol–water partition coefficient (Wildman–Crippen LogP) is 0.955. The van der Waals surface area contributed by atoms with E-state index in [1.807, 2.05) is 18.2 Å². The first-order chi connectivity index (χ1) is 3.93. The summed E-state index contributed by atoms with van der Waals surface area (Å²) in [4.78, 5) is 3.95. The van der Waals surface area contributed by atoms with Gasteiger partial charge in [-0.25, -0.2) is 0 Å². The molecule has 1 N–H and O–H groups in total. The summed E-state index contributed by atoms with van der Waals surface area (Å²) in [6.07, 6.45) is 1.73. The molecule has 0 spiro atoms. The topological polar surface area (TPSA) is 24.9 Å². The van der Waals surface area contributed by atoms with Crippen LogP contribution in [0.5, 0.6) is 0 Å². The zero-order valence-corrected chi connectivity index (χ0v) is 5.63. The van der Waals surface area contributed by atoms with Crippen molar-refractivity contribution in [1.29, 1.82) is 0 Å². The van der Waals surface area contributed by atoms with E-state index < -0.39 is 0 Å². The van der Waals surface area contributed by atoms with Gasteiger partial charge in [0.1, 0.15) is 0 Å². The first kappa shape index (κ1) is 5.74. The SMILES string of the molecule is [Pd][NH]c1ccccn1. The summed E-state index contributed by atoms with van der Waals surface area (Å²) in [5.74, 6) is 0.843. The number of hydrogen-bond acceptors (Lipinski definition) is 2. The monoisotopic (exact) mass is 199 g/mol. The molecule has 8 heavy (non-hydrogen) atoms. The van der Waals surface area contributed by atoms with Crippen LogP contribution in [0.25, 0.3) is 0 Å². The van der Waals surface area contributed by atoms with Gasteiger partial charge in [-0.2, -0.15) is 0 Å². The maximum absolute atomic E-state index is 3.95. The molecule has 3 heteroatoms. The zero-order chi connectivity index (χ0) is 5.82. The van der Waals surface area contributed by atoms with Gasteiger partial charge >= 0.3 is 58.6 Å². The van der Waals surface area contributed by atoms with Crippen molar-refractivity contribution in [2.24, 2.45) is 0 Å². The van der Waals surface area contributed by atoms with Crippen LogP contribution in [0.2, 0.25) is 0 Å². The average Bonchev–Trinajstić information content (AvgIpc) is 1.90. The summed E-state index contributed by atoms with van der Waals surface area (Å²) >= 11 is 2.81. The Morgan fingerprint density at radius 3 is 2.75 bits per heavy atom. The Morgan fingerprint density at radius 1 is 1.50 bits per heavy atom. The molecular weight excluding hydrogens is 194 g/mol. The number of nitrogens with one attached hydrogen (secondary N) is 1. The molecule has 0 amide bonds. The van der Waals surface area contributed by atoms with Crippen molar-refractivity contribution in [1.82, 2.24) is 4.98 Å². The first-order valence-corrected chi connectivity index (χ1v) is 2.96. The molecule has 1 aromatic heterocycles. The number of nitrogens with zero attached hydrogens (tertiary/aromatic N) is 1. The minimum absolute atomic E-state index is 0.843. The molecule has 0 saturated heterocycles. The third-order valence-electron chi connectivity index (χ3n) is 0.746. The Balaban J connectivity index is 2.83. The predicted molar refractivity (Wildman–Crippen MR) is 27.9 cm³/mol. The standard InChI is InChI=1S/C5H5N2.Pd/c6-5-3-1-2-4-7-5;/h1-4H,(H-,6,7);/q-1;+1. The van der Waals surface area contributed by atoms with Crippen LogP contribution in [0.15, 0.2) is 24.4 Å². The maximum atomic E-state index is 3.95. The summed E-state index contributed by atoms with van der Waals surface area (Å²) in [5, 5.41) is 0. The van der Waals surface area contributed by atoms with Gasteiger partial charge in [-0.05, 0) is 0 Å². The van der Waals surface area contributed by atoms with E-state index in [-0.39, 0.29) is 0 Å². The molecule has 0 atom stereocenters. The summed E-state index contributed by atoms with van der Waals surface area (Å²) in [6.45, 7) is 0. The second-order valence-corrected chi connectivity index (χ2v) is 1.68. The van der Waals surface area contributed by atoms with Gasteiger partial charge in [0.2, 0.25) is 0 Å². The third kappa shape index (κ3) is 1.29. The number of anilines is 1. The molecule has 0 fully saturated rings. The first-order valence-electron chi connectivity index (χ1n) is 2.18. The van der Waals surface area contributed by atoms with Crippen molar-refractivity contribution >= 4 is 5.82 Å². The molecule has 0 bridgehead atoms. The Kier molecular flexibility index (Phi) is 2.02. The molecule has 1 heterocycles. The molecule has 0 aromatic carbocycles. The van der Waals surface area contributed by atoms with Crippen LogP contribution < -0.4 is 3.95 Å². The quantitative estimate of drug-likeness (QED) is 0.682. The minimum atomic E-state index is 0.843. The third-order valence-corrected chi connectivity index (χ3v) is 1.14. The van der Waals surface area contributed by atoms with E-state index in [1.165, 1.54) is 0 Å². The molecule has 0 unspecified atom stereocenters. The second-order valence-electron chi connectivity index (χ2n) is 1.29. The number of rotatable bonds is 1. The fourth-order valence-corrected chi connectivity index (χ4v) is 0.639. The fraction of sp³-hybridized carbons (Fsp3) is 0. The van der Waals surface area contributed by atoms with E-state index in [2.05, 4.69) is 28.4 Å². The summed E-state index contributed by atoms with van der Waals surface area (Å²) in [5.41, 5.74) is 0. The normalized spacial score (nSPS) is 8.75. The zero-order valence-electron chi connectivity index (χ0n) is 4.07. The van der Waals surface area contributed by atoms with Gasteiger partial charge in [0.15, 0.2) is 0 Å². The van der Waals surface area contributed by atoms with Crippen LogP contribution in [-0.2, 0) is 19.4 Å². The van der Waals surface area contributed by atoms with Gasteiger partial charge in [0.25, 0.3) is 0 Å². The Morgan fingerprint density at radius 2 is 2.38 bits per heavy atom. The van der Waals surface area contributed by atoms with Crippen molar-refractivity contribution < 1.29 is 19.4 Å². The van der Waals surface area contributed by atoms with Crippen LogP contribution in [0.4, 0.5) is 5.82 Å². The van der Waals surface area contributed by atoms with E-state index in [0.717, 1.165) is 5.82 Å². The summed E-state index contributed by atoms with van der Waals surface area (Å²) in [7, 11) is 0. The fourth-order valence-electron chi connectivity index (χ4n) is 0.410. The van der Waals surface area contributed by atoms with Gasteiger partial charge in [-0.1, -0.05) is 0 Å². The molecule has 0 aliphatic heterocycles. The number of aromatic nitrogens is 1. The van der Waals surface area contributed by atoms with Crippen LogP contribution in [0, 0.1) is 0 Å². The number of pyridine rings is 1. The van der Waals surface area contributed by atoms with Crippen molar-refractivity contribution in [2.45, 2.75) is 0 Å². The van der Waals surface area contributed by atoms with E-state index in [1.54, 1.807) is 6.20 Å². The molecule has 0 aliphatic carbocycles. The van der Waals surface area contributed by atoms with Crippen molar-refractivity contribution in [3.05, 3.63) is 24.4 Å². The summed E-state index contributed by atoms with van der Waals surface area (Å²) in [6, 6.07) is 5.67. The van der Waals surface area contributed by atoms with E-state index >= 15 is 0 Å². The van der Waals surface area contributed by atoms with Crippen LogP contribution >= 0.6 is 0 Å². The van der Waals surface area contributed by atoms with Crippen LogP contribution in [0.3, 0.4) is 0 Å². The van der Waals surface area contributed by atoms with E-state index in [0.29, 0.717) is 0 Å². The Hall–Kier alpha value is -0.388. The molecule has 0 radical (unpaired) electrons. The average molecular weight is 200 g/mol. The Labute approximate surface area is 59.0 Å². The van der Waals surface area contributed by atoms with Gasteiger partial charge < -0.3 is 0 Å². The van der Waals surface area contributed by atoms with Crippen LogP contribution in [-0.4, -0.2) is 4.98 Å². The van der Waals surface area contributed by atoms with Gasteiger partial charge in [0, 0.05) is 0 Å². The summed E-state index contributed by atoms with van der Waals surface area (Å²) < 4.78 is 2.77. The molecule has 1 aromatic rings. The molecule has 0 saturated carbocycles. The molecule has 1 rings (SSSR count). The molecule has 2 nitrogen and oxygen atoms in total. The van der Waals surface area contributed by atoms with Gasteiger partial charge in [-0.3, -0.25) is 0 Å². The molecule has 45 valence electrons. The molecular formula is C5H5N2Pd. The van der Waals surface area contributed by atoms with E-state index in [9.17, 15) is 0 Å². The van der Waals surface area contributed by atoms with Crippen molar-refractivity contribution in [3.63, 3.8) is 0 Å². The Bertz CT molecular complexity index is 152. The molecule has 0 aliphatic rings.